The average Bonchev–Trinajstić information content (AvgIpc) is 2.95. The number of nitrogens with zero attached hydrogens (tertiary/aromatic N) is 3. The first-order valence-electron chi connectivity index (χ1n) is 7.75. The molecule has 1 fully saturated rings. The number of hydrogen-bond acceptors (Lipinski definition) is 6. The highest BCUT2D eigenvalue weighted by molar-refractivity contribution is 7.13. The number of ether oxygens (including phenoxy) is 1. The monoisotopic (exact) mass is 341 g/mol. The van der Waals surface area contributed by atoms with Crippen LogP contribution >= 0.6 is 11.3 Å². The van der Waals surface area contributed by atoms with Gasteiger partial charge in [0.05, 0.1) is 30.5 Å². The first-order chi connectivity index (χ1) is 11.0. The highest BCUT2D eigenvalue weighted by atomic mass is 32.1. The van der Waals surface area contributed by atoms with Crippen molar-refractivity contribution in [1.29, 1.82) is 0 Å². The first-order valence-corrected chi connectivity index (χ1v) is 8.57. The van der Waals surface area contributed by atoms with Gasteiger partial charge in [-0.25, -0.2) is 4.98 Å². The Bertz CT molecular complexity index is 549. The number of rotatable bonds is 7. The summed E-state index contributed by atoms with van der Waals surface area (Å²) in [5.41, 5.74) is 0. The van der Waals surface area contributed by atoms with Crippen molar-refractivity contribution >= 4 is 23.2 Å². The van der Waals surface area contributed by atoms with Gasteiger partial charge in [0.2, 0.25) is 0 Å². The second-order valence-corrected chi connectivity index (χ2v) is 6.82. The molecule has 0 saturated carbocycles. The number of carboxylic acid groups (broad SMARTS) is 1. The lowest BCUT2D eigenvalue weighted by molar-refractivity contribution is -0.138. The molecule has 1 atom stereocenters. The van der Waals surface area contributed by atoms with Crippen molar-refractivity contribution in [2.24, 2.45) is 0 Å². The van der Waals surface area contributed by atoms with Crippen LogP contribution in [0.15, 0.2) is 6.20 Å². The molecule has 0 radical (unpaired) electrons. The summed E-state index contributed by atoms with van der Waals surface area (Å²) in [6.07, 6.45) is 3.39. The lowest BCUT2D eigenvalue weighted by Crippen LogP contribution is -2.49. The summed E-state index contributed by atoms with van der Waals surface area (Å²) in [5, 5.41) is 9.78. The van der Waals surface area contributed by atoms with Crippen molar-refractivity contribution in [3.05, 3.63) is 16.1 Å². The summed E-state index contributed by atoms with van der Waals surface area (Å²) in [6.45, 7) is 4.03. The number of aryl methyl sites for hydroxylation is 1. The van der Waals surface area contributed by atoms with E-state index in [2.05, 4.69) is 11.9 Å². The van der Waals surface area contributed by atoms with Crippen LogP contribution < -0.4 is 0 Å². The molecule has 1 aromatic rings. The van der Waals surface area contributed by atoms with Crippen LogP contribution in [0.25, 0.3) is 0 Å². The Kier molecular flexibility index (Phi) is 6.49. The van der Waals surface area contributed by atoms with Crippen LogP contribution in [0.4, 0.5) is 0 Å². The van der Waals surface area contributed by atoms with E-state index >= 15 is 0 Å². The van der Waals surface area contributed by atoms with Gasteiger partial charge in [-0.2, -0.15) is 0 Å². The number of morpholine rings is 1. The van der Waals surface area contributed by atoms with E-state index in [9.17, 15) is 9.59 Å². The van der Waals surface area contributed by atoms with Gasteiger partial charge in [-0.15, -0.1) is 11.3 Å². The molecule has 2 heterocycles. The van der Waals surface area contributed by atoms with Crippen molar-refractivity contribution in [2.45, 2.75) is 25.9 Å². The van der Waals surface area contributed by atoms with Crippen LogP contribution in [-0.2, 0) is 16.0 Å². The molecule has 1 N–H and O–H groups in total. The van der Waals surface area contributed by atoms with Gasteiger partial charge in [0.1, 0.15) is 4.88 Å². The topological polar surface area (TPSA) is 83.0 Å². The van der Waals surface area contributed by atoms with Gasteiger partial charge in [0.15, 0.2) is 0 Å². The summed E-state index contributed by atoms with van der Waals surface area (Å²) in [5.74, 6) is -0.886. The van der Waals surface area contributed by atoms with E-state index in [1.807, 2.05) is 0 Å². The van der Waals surface area contributed by atoms with Crippen molar-refractivity contribution in [3.63, 3.8) is 0 Å². The Morgan fingerprint density at radius 3 is 3.04 bits per heavy atom. The number of aliphatic carboxylic acids is 1. The molecule has 1 aromatic heterocycles. The van der Waals surface area contributed by atoms with Crippen molar-refractivity contribution < 1.29 is 19.4 Å². The molecular weight excluding hydrogens is 318 g/mol. The molecular formula is C15H23N3O4S. The number of carboxylic acids is 1. The molecule has 2 rings (SSSR count). The van der Waals surface area contributed by atoms with Crippen LogP contribution in [0.3, 0.4) is 0 Å². The van der Waals surface area contributed by atoms with Gasteiger partial charge >= 0.3 is 5.97 Å². The van der Waals surface area contributed by atoms with E-state index in [0.29, 0.717) is 31.1 Å². The first kappa shape index (κ1) is 17.8. The zero-order valence-corrected chi connectivity index (χ0v) is 14.3. The van der Waals surface area contributed by atoms with E-state index in [-0.39, 0.29) is 18.6 Å². The summed E-state index contributed by atoms with van der Waals surface area (Å²) < 4.78 is 5.65. The minimum atomic E-state index is -0.871. The molecule has 1 amide bonds. The third kappa shape index (κ3) is 5.26. The van der Waals surface area contributed by atoms with Crippen molar-refractivity contribution in [1.82, 2.24) is 14.8 Å². The number of thiazole rings is 1. The normalized spacial score (nSPS) is 18.4. The van der Waals surface area contributed by atoms with Crippen LogP contribution in [0.2, 0.25) is 0 Å². The second-order valence-electron chi connectivity index (χ2n) is 5.70. The summed E-state index contributed by atoms with van der Waals surface area (Å²) in [6, 6.07) is 0. The van der Waals surface area contributed by atoms with E-state index in [1.54, 1.807) is 23.0 Å². The highest BCUT2D eigenvalue weighted by Crippen LogP contribution is 2.18. The van der Waals surface area contributed by atoms with Crippen LogP contribution in [-0.4, -0.2) is 77.7 Å². The largest absolute Gasteiger partial charge is 0.480 e. The summed E-state index contributed by atoms with van der Waals surface area (Å²) in [7, 11) is 1.73. The molecule has 1 aliphatic rings. The lowest BCUT2D eigenvalue weighted by Gasteiger charge is -2.34. The van der Waals surface area contributed by atoms with Crippen molar-refractivity contribution in [2.75, 3.05) is 39.8 Å². The molecule has 23 heavy (non-hydrogen) atoms. The number of aromatic nitrogens is 1. The predicted octanol–water partition coefficient (Wildman–Crippen LogP) is 0.953. The fraction of sp³-hybridized carbons (Fsp3) is 0.667. The van der Waals surface area contributed by atoms with Gasteiger partial charge in [0.25, 0.3) is 5.91 Å². The van der Waals surface area contributed by atoms with Crippen LogP contribution in [0.1, 0.15) is 28.0 Å². The third-order valence-corrected chi connectivity index (χ3v) is 4.62. The highest BCUT2D eigenvalue weighted by Gasteiger charge is 2.27. The maximum Gasteiger partial charge on any atom is 0.317 e. The molecule has 0 spiro atoms. The average molecular weight is 341 g/mol. The second kappa shape index (κ2) is 8.37. The molecule has 0 aromatic carbocycles. The van der Waals surface area contributed by atoms with Crippen molar-refractivity contribution in [3.8, 4) is 0 Å². The van der Waals surface area contributed by atoms with Gasteiger partial charge in [-0.1, -0.05) is 6.92 Å². The summed E-state index contributed by atoms with van der Waals surface area (Å²) >= 11 is 1.45. The minimum Gasteiger partial charge on any atom is -0.480 e. The number of hydrogen-bond donors (Lipinski definition) is 1. The van der Waals surface area contributed by atoms with Gasteiger partial charge in [-0.3, -0.25) is 14.5 Å². The summed E-state index contributed by atoms with van der Waals surface area (Å²) in [4.78, 5) is 31.7. The Hall–Kier alpha value is -1.51. The maximum absolute atomic E-state index is 12.6. The fourth-order valence-electron chi connectivity index (χ4n) is 2.55. The minimum absolute atomic E-state index is 0.0148. The molecule has 7 nitrogen and oxygen atoms in total. The molecule has 1 saturated heterocycles. The molecule has 0 bridgehead atoms. The maximum atomic E-state index is 12.6. The molecule has 1 aliphatic heterocycles. The zero-order chi connectivity index (χ0) is 16.8. The van der Waals surface area contributed by atoms with E-state index in [4.69, 9.17) is 9.84 Å². The van der Waals surface area contributed by atoms with Gasteiger partial charge in [-0.05, 0) is 19.9 Å². The molecule has 1 unspecified atom stereocenters. The Balaban J connectivity index is 1.91. The third-order valence-electron chi connectivity index (χ3n) is 3.57. The van der Waals surface area contributed by atoms with E-state index < -0.39 is 5.97 Å². The Morgan fingerprint density at radius 2 is 2.35 bits per heavy atom. The van der Waals surface area contributed by atoms with Crippen LogP contribution in [0, 0.1) is 0 Å². The lowest BCUT2D eigenvalue weighted by atomic mass is 10.2. The standard InChI is InChI=1S/C15H23N3O4S/c1-3-4-13-16-7-12(23-13)15(21)18-5-6-22-11(9-18)8-17(2)10-14(19)20/h7,11H,3-6,8-10H2,1-2H3,(H,19,20). The molecule has 0 aliphatic carbocycles. The Labute approximate surface area is 139 Å². The number of likely N-dealkylation sites (N-methyl/N-ethyl adjacent to an activating group) is 1. The predicted molar refractivity (Wildman–Crippen MR) is 86.9 cm³/mol. The fourth-order valence-corrected chi connectivity index (χ4v) is 3.54. The zero-order valence-electron chi connectivity index (χ0n) is 13.5. The van der Waals surface area contributed by atoms with E-state index in [0.717, 1.165) is 17.8 Å². The SMILES string of the molecule is CCCc1ncc(C(=O)N2CCOC(CN(C)CC(=O)O)C2)s1. The Morgan fingerprint density at radius 1 is 1.57 bits per heavy atom. The van der Waals surface area contributed by atoms with E-state index in [1.165, 1.54) is 11.3 Å². The number of amides is 1. The van der Waals surface area contributed by atoms with Gasteiger partial charge in [0, 0.05) is 19.6 Å². The molecule has 8 heteroatoms. The number of carbonyl (C=O) groups excluding carboxylic acids is 1. The quantitative estimate of drug-likeness (QED) is 0.795. The smallest absolute Gasteiger partial charge is 0.317 e. The molecule has 128 valence electrons. The van der Waals surface area contributed by atoms with Crippen LogP contribution in [0.5, 0.6) is 0 Å². The van der Waals surface area contributed by atoms with Gasteiger partial charge < -0.3 is 14.7 Å². The number of carbonyl (C=O) groups is 2.